The number of anilines is 1. The summed E-state index contributed by atoms with van der Waals surface area (Å²) in [5.41, 5.74) is 2.61. The van der Waals surface area contributed by atoms with Gasteiger partial charge in [-0.25, -0.2) is 4.79 Å². The lowest BCUT2D eigenvalue weighted by atomic mass is 9.87. The SMILES string of the molecule is CCC1(c2ccccc2)NC(=O)N(NC(=O)CN(CC(C)O)c2ccccc2)C1=O. The first-order chi connectivity index (χ1) is 14.4. The number of hydrogen-bond donors (Lipinski definition) is 3. The van der Waals surface area contributed by atoms with Gasteiger partial charge in [0.1, 0.15) is 5.54 Å². The first kappa shape index (κ1) is 21.3. The number of nitrogens with one attached hydrogen (secondary N) is 2. The van der Waals surface area contributed by atoms with Gasteiger partial charge in [-0.1, -0.05) is 55.5 Å². The zero-order valence-corrected chi connectivity index (χ0v) is 17.0. The van der Waals surface area contributed by atoms with E-state index >= 15 is 0 Å². The maximum Gasteiger partial charge on any atom is 0.344 e. The van der Waals surface area contributed by atoms with E-state index in [1.807, 2.05) is 36.4 Å². The van der Waals surface area contributed by atoms with E-state index < -0.39 is 29.5 Å². The average molecular weight is 410 g/mol. The number of aliphatic hydroxyl groups excluding tert-OH is 1. The molecule has 8 nitrogen and oxygen atoms in total. The number of para-hydroxylation sites is 1. The van der Waals surface area contributed by atoms with Gasteiger partial charge in [-0.05, 0) is 31.0 Å². The summed E-state index contributed by atoms with van der Waals surface area (Å²) in [5.74, 6) is -1.07. The molecule has 3 N–H and O–H groups in total. The van der Waals surface area contributed by atoms with Crippen LogP contribution in [0.2, 0.25) is 0 Å². The van der Waals surface area contributed by atoms with Crippen LogP contribution in [0, 0.1) is 0 Å². The first-order valence-corrected chi connectivity index (χ1v) is 9.87. The van der Waals surface area contributed by atoms with Gasteiger partial charge in [0.15, 0.2) is 0 Å². The number of imide groups is 1. The second-order valence-electron chi connectivity index (χ2n) is 7.30. The number of hydrazine groups is 1. The third-order valence-electron chi connectivity index (χ3n) is 5.07. The molecule has 0 saturated carbocycles. The molecule has 1 saturated heterocycles. The highest BCUT2D eigenvalue weighted by Gasteiger charge is 2.52. The fourth-order valence-corrected chi connectivity index (χ4v) is 3.59. The van der Waals surface area contributed by atoms with Gasteiger partial charge in [-0.3, -0.25) is 15.0 Å². The number of carbonyl (C=O) groups excluding carboxylic acids is 3. The largest absolute Gasteiger partial charge is 0.392 e. The Balaban J connectivity index is 1.76. The zero-order chi connectivity index (χ0) is 21.7. The van der Waals surface area contributed by atoms with Gasteiger partial charge in [0.05, 0.1) is 12.6 Å². The van der Waals surface area contributed by atoms with Crippen molar-refractivity contribution in [1.82, 2.24) is 15.8 Å². The maximum atomic E-state index is 13.1. The molecule has 0 radical (unpaired) electrons. The van der Waals surface area contributed by atoms with Crippen molar-refractivity contribution in [1.29, 1.82) is 0 Å². The Hall–Kier alpha value is -3.39. The Kier molecular flexibility index (Phi) is 6.37. The predicted molar refractivity (Wildman–Crippen MR) is 112 cm³/mol. The minimum Gasteiger partial charge on any atom is -0.392 e. The van der Waals surface area contributed by atoms with Crippen LogP contribution in [-0.4, -0.2) is 47.2 Å². The van der Waals surface area contributed by atoms with Crippen molar-refractivity contribution in [3.05, 3.63) is 66.2 Å². The second kappa shape index (κ2) is 8.96. The fourth-order valence-electron chi connectivity index (χ4n) is 3.59. The molecule has 158 valence electrons. The molecule has 30 heavy (non-hydrogen) atoms. The molecule has 0 bridgehead atoms. The van der Waals surface area contributed by atoms with Gasteiger partial charge >= 0.3 is 6.03 Å². The van der Waals surface area contributed by atoms with E-state index in [0.717, 1.165) is 10.7 Å². The Morgan fingerprint density at radius 3 is 2.30 bits per heavy atom. The molecule has 8 heteroatoms. The lowest BCUT2D eigenvalue weighted by molar-refractivity contribution is -0.139. The molecule has 3 rings (SSSR count). The lowest BCUT2D eigenvalue weighted by Gasteiger charge is -2.27. The summed E-state index contributed by atoms with van der Waals surface area (Å²) < 4.78 is 0. The highest BCUT2D eigenvalue weighted by atomic mass is 16.3. The fraction of sp³-hybridized carbons (Fsp3) is 0.318. The van der Waals surface area contributed by atoms with Crippen LogP contribution in [0.1, 0.15) is 25.8 Å². The quantitative estimate of drug-likeness (QED) is 0.576. The van der Waals surface area contributed by atoms with Crippen molar-refractivity contribution in [2.75, 3.05) is 18.0 Å². The molecule has 2 aromatic carbocycles. The van der Waals surface area contributed by atoms with E-state index in [-0.39, 0.29) is 13.1 Å². The van der Waals surface area contributed by atoms with E-state index in [1.165, 1.54) is 0 Å². The number of hydrogen-bond acceptors (Lipinski definition) is 5. The Labute approximate surface area is 175 Å². The molecule has 0 aromatic heterocycles. The molecule has 1 fully saturated rings. The summed E-state index contributed by atoms with van der Waals surface area (Å²) in [5, 5.41) is 13.3. The summed E-state index contributed by atoms with van der Waals surface area (Å²) in [6.07, 6.45) is -0.327. The van der Waals surface area contributed by atoms with Gasteiger partial charge < -0.3 is 15.3 Å². The topological polar surface area (TPSA) is 102 Å². The van der Waals surface area contributed by atoms with E-state index in [2.05, 4.69) is 10.7 Å². The number of nitrogens with zero attached hydrogens (tertiary/aromatic N) is 2. The zero-order valence-electron chi connectivity index (χ0n) is 17.0. The third kappa shape index (κ3) is 4.28. The summed E-state index contributed by atoms with van der Waals surface area (Å²) in [6, 6.07) is 17.4. The van der Waals surface area contributed by atoms with Crippen molar-refractivity contribution in [2.45, 2.75) is 31.9 Å². The van der Waals surface area contributed by atoms with Crippen LogP contribution in [0.3, 0.4) is 0 Å². The van der Waals surface area contributed by atoms with Crippen molar-refractivity contribution in [3.8, 4) is 0 Å². The van der Waals surface area contributed by atoms with Crippen LogP contribution in [0.4, 0.5) is 10.5 Å². The maximum absolute atomic E-state index is 13.1. The number of carbonyl (C=O) groups is 3. The molecule has 4 amide bonds. The van der Waals surface area contributed by atoms with Gasteiger partial charge in [0.25, 0.3) is 11.8 Å². The van der Waals surface area contributed by atoms with Gasteiger partial charge in [-0.2, -0.15) is 5.01 Å². The molecule has 0 aliphatic carbocycles. The van der Waals surface area contributed by atoms with Crippen LogP contribution in [0.25, 0.3) is 0 Å². The number of amides is 4. The highest BCUT2D eigenvalue weighted by molar-refractivity contribution is 6.08. The van der Waals surface area contributed by atoms with Gasteiger partial charge in [0.2, 0.25) is 0 Å². The minimum absolute atomic E-state index is 0.129. The third-order valence-corrected chi connectivity index (χ3v) is 5.07. The molecule has 2 unspecified atom stereocenters. The van der Waals surface area contributed by atoms with Crippen LogP contribution >= 0.6 is 0 Å². The molecule has 0 spiro atoms. The van der Waals surface area contributed by atoms with Crippen molar-refractivity contribution in [2.24, 2.45) is 0 Å². The number of aliphatic hydroxyl groups is 1. The van der Waals surface area contributed by atoms with Crippen LogP contribution in [0.15, 0.2) is 60.7 Å². The standard InChI is InChI=1S/C22H26N4O4/c1-3-22(17-10-6-4-7-11-17)20(29)26(21(30)23-22)24-19(28)15-25(14-16(2)27)18-12-8-5-9-13-18/h4-13,16,27H,3,14-15H2,1-2H3,(H,23,30)(H,24,28). The Morgan fingerprint density at radius 2 is 1.73 bits per heavy atom. The molecule has 1 heterocycles. The van der Waals surface area contributed by atoms with Crippen molar-refractivity contribution in [3.63, 3.8) is 0 Å². The first-order valence-electron chi connectivity index (χ1n) is 9.87. The van der Waals surface area contributed by atoms with Gasteiger partial charge in [-0.15, -0.1) is 0 Å². The highest BCUT2D eigenvalue weighted by Crippen LogP contribution is 2.31. The average Bonchev–Trinajstić information content (AvgIpc) is 2.99. The minimum atomic E-state index is -1.22. The normalized spacial score (nSPS) is 19.4. The summed E-state index contributed by atoms with van der Waals surface area (Å²) in [6.45, 7) is 3.52. The van der Waals surface area contributed by atoms with E-state index in [9.17, 15) is 19.5 Å². The smallest absolute Gasteiger partial charge is 0.344 e. The summed E-state index contributed by atoms with van der Waals surface area (Å²) >= 11 is 0. The molecule has 1 aliphatic rings. The van der Waals surface area contributed by atoms with Crippen LogP contribution in [-0.2, 0) is 15.1 Å². The van der Waals surface area contributed by atoms with Gasteiger partial charge in [0, 0.05) is 12.2 Å². The Morgan fingerprint density at radius 1 is 1.13 bits per heavy atom. The molecular weight excluding hydrogens is 384 g/mol. The lowest BCUT2D eigenvalue weighted by Crippen LogP contribution is -2.51. The predicted octanol–water partition coefficient (Wildman–Crippen LogP) is 1.76. The molecule has 2 atom stereocenters. The van der Waals surface area contributed by atoms with Crippen molar-refractivity contribution >= 4 is 23.5 Å². The molecule has 2 aromatic rings. The number of urea groups is 1. The monoisotopic (exact) mass is 410 g/mol. The second-order valence-corrected chi connectivity index (χ2v) is 7.30. The number of benzene rings is 2. The molecular formula is C22H26N4O4. The number of rotatable bonds is 8. The van der Waals surface area contributed by atoms with E-state index in [4.69, 9.17) is 0 Å². The van der Waals surface area contributed by atoms with Crippen LogP contribution < -0.4 is 15.6 Å². The molecule has 1 aliphatic heterocycles. The van der Waals surface area contributed by atoms with Crippen molar-refractivity contribution < 1.29 is 19.5 Å². The Bertz CT molecular complexity index is 904. The van der Waals surface area contributed by atoms with Crippen LogP contribution in [0.5, 0.6) is 0 Å². The summed E-state index contributed by atoms with van der Waals surface area (Å²) in [7, 11) is 0. The van der Waals surface area contributed by atoms with E-state index in [1.54, 1.807) is 43.0 Å². The summed E-state index contributed by atoms with van der Waals surface area (Å²) in [4.78, 5) is 40.0. The van der Waals surface area contributed by atoms with E-state index in [0.29, 0.717) is 12.0 Å².